The summed E-state index contributed by atoms with van der Waals surface area (Å²) < 4.78 is 27.1. The molecule has 3 rings (SSSR count). The third-order valence-corrected chi connectivity index (χ3v) is 4.83. The van der Waals surface area contributed by atoms with Gasteiger partial charge in [-0.2, -0.15) is 4.98 Å². The van der Waals surface area contributed by atoms with E-state index in [1.807, 2.05) is 19.1 Å². The van der Waals surface area contributed by atoms with Crippen molar-refractivity contribution in [3.8, 4) is 34.4 Å². The van der Waals surface area contributed by atoms with Crippen LogP contribution in [0.1, 0.15) is 19.2 Å². The van der Waals surface area contributed by atoms with Crippen LogP contribution in [-0.4, -0.2) is 55.4 Å². The first-order valence-corrected chi connectivity index (χ1v) is 10.1. The first-order valence-electron chi connectivity index (χ1n) is 10.1. The number of carbonyl (C=O) groups excluding carboxylic acids is 1. The van der Waals surface area contributed by atoms with Crippen LogP contribution >= 0.6 is 0 Å². The molecule has 0 saturated carbocycles. The molecule has 1 atom stereocenters. The van der Waals surface area contributed by atoms with Crippen LogP contribution in [0, 0.1) is 0 Å². The zero-order chi connectivity index (χ0) is 23.1. The molecule has 1 amide bonds. The Morgan fingerprint density at radius 3 is 2.44 bits per heavy atom. The number of carbonyl (C=O) groups is 1. The van der Waals surface area contributed by atoms with Gasteiger partial charge in [0.15, 0.2) is 6.10 Å². The van der Waals surface area contributed by atoms with Crippen molar-refractivity contribution in [1.82, 2.24) is 15.0 Å². The van der Waals surface area contributed by atoms with Crippen LogP contribution in [0.25, 0.3) is 11.4 Å². The van der Waals surface area contributed by atoms with Crippen LogP contribution in [-0.2, 0) is 11.3 Å². The van der Waals surface area contributed by atoms with Gasteiger partial charge in [-0.3, -0.25) is 4.79 Å². The van der Waals surface area contributed by atoms with Gasteiger partial charge < -0.3 is 28.4 Å². The smallest absolute Gasteiger partial charge is 0.263 e. The van der Waals surface area contributed by atoms with Gasteiger partial charge in [0, 0.05) is 19.2 Å². The average molecular weight is 441 g/mol. The Labute approximate surface area is 186 Å². The molecule has 3 aromatic rings. The third kappa shape index (κ3) is 5.29. The number of hydrogen-bond acceptors (Lipinski definition) is 8. The van der Waals surface area contributed by atoms with E-state index in [9.17, 15) is 4.79 Å². The molecule has 0 N–H and O–H groups in total. The van der Waals surface area contributed by atoms with Crippen molar-refractivity contribution in [2.75, 3.05) is 28.4 Å². The molecule has 0 unspecified atom stereocenters. The molecule has 0 aliphatic rings. The summed E-state index contributed by atoms with van der Waals surface area (Å²) >= 11 is 0. The molecular weight excluding hydrogens is 414 g/mol. The minimum absolute atomic E-state index is 0.141. The van der Waals surface area contributed by atoms with Crippen molar-refractivity contribution < 1.29 is 28.3 Å². The number of nitrogens with zero attached hydrogens (tertiary/aromatic N) is 3. The van der Waals surface area contributed by atoms with E-state index in [0.717, 1.165) is 0 Å². The highest BCUT2D eigenvalue weighted by atomic mass is 16.5. The van der Waals surface area contributed by atoms with Crippen molar-refractivity contribution in [2.45, 2.75) is 26.0 Å². The van der Waals surface area contributed by atoms with E-state index in [0.29, 0.717) is 46.7 Å². The average Bonchev–Trinajstić information content (AvgIpc) is 3.29. The molecule has 0 spiro atoms. The summed E-state index contributed by atoms with van der Waals surface area (Å²) in [6.07, 6.45) is -0.158. The molecule has 0 aliphatic heterocycles. The summed E-state index contributed by atoms with van der Waals surface area (Å²) in [4.78, 5) is 18.8. The second kappa shape index (κ2) is 10.5. The quantitative estimate of drug-likeness (QED) is 0.471. The lowest BCUT2D eigenvalue weighted by Crippen LogP contribution is -2.39. The molecule has 0 bridgehead atoms. The van der Waals surface area contributed by atoms with Gasteiger partial charge in [-0.1, -0.05) is 18.1 Å². The van der Waals surface area contributed by atoms with Crippen molar-refractivity contribution in [3.63, 3.8) is 0 Å². The van der Waals surface area contributed by atoms with Gasteiger partial charge >= 0.3 is 0 Å². The van der Waals surface area contributed by atoms with E-state index in [1.54, 1.807) is 58.7 Å². The zero-order valence-corrected chi connectivity index (χ0v) is 18.8. The molecule has 2 aromatic carbocycles. The van der Waals surface area contributed by atoms with Crippen LogP contribution in [0.2, 0.25) is 0 Å². The van der Waals surface area contributed by atoms with Crippen LogP contribution in [0.3, 0.4) is 0 Å². The molecule has 32 heavy (non-hydrogen) atoms. The normalized spacial score (nSPS) is 11.5. The monoisotopic (exact) mass is 441 g/mol. The standard InChI is InChI=1S/C23H27N3O6/c1-6-19(31-17-9-7-8-15(12-17)28-3)23(27)26(2)14-21-24-22(25-32-21)18-11-10-16(29-4)13-20(18)30-5/h7-13,19H,6,14H2,1-5H3/t19-/m0/s1. The molecule has 170 valence electrons. The second-order valence-electron chi connectivity index (χ2n) is 6.97. The fraction of sp³-hybridized carbons (Fsp3) is 0.348. The highest BCUT2D eigenvalue weighted by Gasteiger charge is 2.24. The molecular formula is C23H27N3O6. The second-order valence-corrected chi connectivity index (χ2v) is 6.97. The van der Waals surface area contributed by atoms with Gasteiger partial charge in [0.2, 0.25) is 11.7 Å². The molecule has 0 saturated heterocycles. The topological polar surface area (TPSA) is 96.2 Å². The zero-order valence-electron chi connectivity index (χ0n) is 18.8. The van der Waals surface area contributed by atoms with Gasteiger partial charge in [-0.25, -0.2) is 0 Å². The fourth-order valence-corrected chi connectivity index (χ4v) is 3.09. The maximum Gasteiger partial charge on any atom is 0.263 e. The minimum atomic E-state index is -0.656. The first kappa shape index (κ1) is 22.9. The molecule has 0 fully saturated rings. The predicted octanol–water partition coefficient (Wildman–Crippen LogP) is 3.58. The first-order chi connectivity index (χ1) is 15.5. The van der Waals surface area contributed by atoms with Crippen molar-refractivity contribution in [1.29, 1.82) is 0 Å². The Hall–Kier alpha value is -3.75. The van der Waals surface area contributed by atoms with E-state index in [2.05, 4.69) is 10.1 Å². The number of amides is 1. The van der Waals surface area contributed by atoms with E-state index >= 15 is 0 Å². The Balaban J connectivity index is 1.69. The fourth-order valence-electron chi connectivity index (χ4n) is 3.09. The van der Waals surface area contributed by atoms with E-state index in [4.69, 9.17) is 23.5 Å². The number of rotatable bonds is 10. The lowest BCUT2D eigenvalue weighted by atomic mass is 10.2. The summed E-state index contributed by atoms with van der Waals surface area (Å²) in [6, 6.07) is 12.5. The van der Waals surface area contributed by atoms with E-state index in [1.165, 1.54) is 4.90 Å². The summed E-state index contributed by atoms with van der Waals surface area (Å²) in [5.74, 6) is 2.89. The van der Waals surface area contributed by atoms with Crippen LogP contribution in [0.5, 0.6) is 23.0 Å². The highest BCUT2D eigenvalue weighted by molar-refractivity contribution is 5.81. The molecule has 1 heterocycles. The Bertz CT molecular complexity index is 1050. The molecule has 9 nitrogen and oxygen atoms in total. The Kier molecular flexibility index (Phi) is 7.54. The molecule has 1 aromatic heterocycles. The number of ether oxygens (including phenoxy) is 4. The molecule has 0 aliphatic carbocycles. The van der Waals surface area contributed by atoms with Gasteiger partial charge in [-0.15, -0.1) is 0 Å². The van der Waals surface area contributed by atoms with E-state index < -0.39 is 6.10 Å². The molecule has 0 radical (unpaired) electrons. The number of benzene rings is 2. The Morgan fingerprint density at radius 2 is 1.75 bits per heavy atom. The maximum absolute atomic E-state index is 12.9. The van der Waals surface area contributed by atoms with Gasteiger partial charge in [-0.05, 0) is 30.7 Å². The summed E-state index contributed by atoms with van der Waals surface area (Å²) in [6.45, 7) is 2.03. The van der Waals surface area contributed by atoms with Crippen LogP contribution < -0.4 is 18.9 Å². The van der Waals surface area contributed by atoms with Gasteiger partial charge in [0.1, 0.15) is 23.0 Å². The summed E-state index contributed by atoms with van der Waals surface area (Å²) in [5.41, 5.74) is 0.657. The van der Waals surface area contributed by atoms with Crippen LogP contribution in [0.4, 0.5) is 0 Å². The molecule has 9 heteroatoms. The number of hydrogen-bond donors (Lipinski definition) is 0. The van der Waals surface area contributed by atoms with Gasteiger partial charge in [0.05, 0.1) is 33.4 Å². The highest BCUT2D eigenvalue weighted by Crippen LogP contribution is 2.31. The number of likely N-dealkylation sites (N-methyl/N-ethyl adjacent to an activating group) is 1. The van der Waals surface area contributed by atoms with Crippen molar-refractivity contribution >= 4 is 5.91 Å². The SMILES string of the molecule is CC[C@H](Oc1cccc(OC)c1)C(=O)N(C)Cc1nc(-c2ccc(OC)cc2OC)no1. The number of methoxy groups -OCH3 is 3. The minimum Gasteiger partial charge on any atom is -0.497 e. The van der Waals surface area contributed by atoms with Crippen LogP contribution in [0.15, 0.2) is 47.0 Å². The predicted molar refractivity (Wildman–Crippen MR) is 117 cm³/mol. The Morgan fingerprint density at radius 1 is 1.03 bits per heavy atom. The third-order valence-electron chi connectivity index (χ3n) is 4.83. The number of aromatic nitrogens is 2. The lowest BCUT2D eigenvalue weighted by molar-refractivity contribution is -0.138. The van der Waals surface area contributed by atoms with Crippen molar-refractivity contribution in [2.24, 2.45) is 0 Å². The van der Waals surface area contributed by atoms with Gasteiger partial charge in [0.25, 0.3) is 5.91 Å². The van der Waals surface area contributed by atoms with Crippen molar-refractivity contribution in [3.05, 3.63) is 48.4 Å². The lowest BCUT2D eigenvalue weighted by Gasteiger charge is -2.22. The summed E-state index contributed by atoms with van der Waals surface area (Å²) in [7, 11) is 6.38. The summed E-state index contributed by atoms with van der Waals surface area (Å²) in [5, 5.41) is 4.02. The largest absolute Gasteiger partial charge is 0.497 e. The maximum atomic E-state index is 12.9. The van der Waals surface area contributed by atoms with E-state index in [-0.39, 0.29) is 12.5 Å².